The van der Waals surface area contributed by atoms with Crippen molar-refractivity contribution in [2.75, 3.05) is 6.61 Å². The summed E-state index contributed by atoms with van der Waals surface area (Å²) in [4.78, 5) is 19.5. The summed E-state index contributed by atoms with van der Waals surface area (Å²) in [5.41, 5.74) is 1.42. The Morgan fingerprint density at radius 2 is 1.89 bits per heavy atom. The van der Waals surface area contributed by atoms with E-state index in [0.29, 0.717) is 16.6 Å². The molecule has 2 aromatic carbocycles. The number of amides is 1. The van der Waals surface area contributed by atoms with Crippen molar-refractivity contribution in [3.63, 3.8) is 0 Å². The van der Waals surface area contributed by atoms with Gasteiger partial charge in [0.15, 0.2) is 0 Å². The quantitative estimate of drug-likeness (QED) is 0.491. The highest BCUT2D eigenvalue weighted by Gasteiger charge is 2.22. The number of benzene rings is 2. The lowest BCUT2D eigenvalue weighted by molar-refractivity contribution is 0.0901. The maximum atomic E-state index is 13.3. The zero-order chi connectivity index (χ0) is 19.7. The predicted molar refractivity (Wildman–Crippen MR) is 95.2 cm³/mol. The van der Waals surface area contributed by atoms with E-state index in [1.165, 1.54) is 24.3 Å². The van der Waals surface area contributed by atoms with Crippen molar-refractivity contribution in [2.24, 2.45) is 0 Å². The van der Waals surface area contributed by atoms with Crippen molar-refractivity contribution in [1.82, 2.24) is 20.4 Å². The van der Waals surface area contributed by atoms with Crippen LogP contribution in [0.4, 0.5) is 8.78 Å². The Hall–Kier alpha value is -3.59. The molecule has 0 fully saturated rings. The van der Waals surface area contributed by atoms with E-state index >= 15 is 0 Å². The van der Waals surface area contributed by atoms with Gasteiger partial charge in [-0.1, -0.05) is 5.16 Å². The predicted octanol–water partition coefficient (Wildman–Crippen LogP) is 2.96. The molecule has 1 unspecified atom stereocenters. The van der Waals surface area contributed by atoms with Crippen LogP contribution in [-0.2, 0) is 0 Å². The standard InChI is InChI=1S/C19H14F2N4O3/c20-12-3-1-10(2-4-12)18(27)23-16(9-26)19-24-17(25-28-19)15-8-11-7-13(21)5-6-14(11)22-15/h1-8,16,22,26H,9H2,(H,23,27). The van der Waals surface area contributed by atoms with E-state index in [9.17, 15) is 18.7 Å². The van der Waals surface area contributed by atoms with E-state index in [1.54, 1.807) is 12.1 Å². The zero-order valence-corrected chi connectivity index (χ0v) is 14.3. The highest BCUT2D eigenvalue weighted by molar-refractivity contribution is 5.94. The lowest BCUT2D eigenvalue weighted by atomic mass is 10.2. The Morgan fingerprint density at radius 3 is 2.64 bits per heavy atom. The Balaban J connectivity index is 1.55. The van der Waals surface area contributed by atoms with Gasteiger partial charge in [-0.25, -0.2) is 8.78 Å². The average molecular weight is 384 g/mol. The van der Waals surface area contributed by atoms with Crippen LogP contribution < -0.4 is 5.32 Å². The van der Waals surface area contributed by atoms with Crippen LogP contribution in [0.25, 0.3) is 22.4 Å². The number of aromatic nitrogens is 3. The molecule has 28 heavy (non-hydrogen) atoms. The second-order valence-electron chi connectivity index (χ2n) is 6.09. The SMILES string of the molecule is O=C(NC(CO)c1nc(-c2cc3cc(F)ccc3[nH]2)no1)c1ccc(F)cc1. The van der Waals surface area contributed by atoms with Gasteiger partial charge in [0.1, 0.15) is 17.7 Å². The molecule has 142 valence electrons. The fraction of sp³-hybridized carbons (Fsp3) is 0.105. The number of halogens is 2. The molecule has 0 bridgehead atoms. The number of nitrogens with zero attached hydrogens (tertiary/aromatic N) is 2. The number of hydrogen-bond donors (Lipinski definition) is 3. The van der Waals surface area contributed by atoms with E-state index in [0.717, 1.165) is 12.1 Å². The maximum absolute atomic E-state index is 13.3. The summed E-state index contributed by atoms with van der Waals surface area (Å²) in [5, 5.41) is 16.6. The Bertz CT molecular complexity index is 1140. The largest absolute Gasteiger partial charge is 0.394 e. The third-order valence-corrected chi connectivity index (χ3v) is 4.16. The highest BCUT2D eigenvalue weighted by atomic mass is 19.1. The van der Waals surface area contributed by atoms with Crippen molar-refractivity contribution < 1.29 is 23.2 Å². The molecule has 2 aromatic heterocycles. The Kier molecular flexibility index (Phi) is 4.58. The number of carbonyl (C=O) groups is 1. The van der Waals surface area contributed by atoms with Crippen LogP contribution in [0.15, 0.2) is 53.1 Å². The molecule has 9 heteroatoms. The molecule has 4 aromatic rings. The number of nitrogens with one attached hydrogen (secondary N) is 2. The normalized spacial score (nSPS) is 12.2. The molecule has 0 radical (unpaired) electrons. The third kappa shape index (κ3) is 3.47. The second-order valence-corrected chi connectivity index (χ2v) is 6.09. The highest BCUT2D eigenvalue weighted by Crippen LogP contribution is 2.24. The summed E-state index contributed by atoms with van der Waals surface area (Å²) in [6, 6.07) is 9.98. The lowest BCUT2D eigenvalue weighted by Gasteiger charge is -2.12. The fourth-order valence-electron chi connectivity index (χ4n) is 2.74. The van der Waals surface area contributed by atoms with E-state index < -0.39 is 24.4 Å². The van der Waals surface area contributed by atoms with Gasteiger partial charge in [0, 0.05) is 16.5 Å². The second kappa shape index (κ2) is 7.20. The number of fused-ring (bicyclic) bond motifs is 1. The van der Waals surface area contributed by atoms with Gasteiger partial charge in [-0.15, -0.1) is 0 Å². The van der Waals surface area contributed by atoms with Crippen LogP contribution in [-0.4, -0.2) is 32.7 Å². The summed E-state index contributed by atoms with van der Waals surface area (Å²) < 4.78 is 31.5. The van der Waals surface area contributed by atoms with E-state index in [-0.39, 0.29) is 23.1 Å². The van der Waals surface area contributed by atoms with E-state index in [2.05, 4.69) is 20.4 Å². The molecule has 0 aliphatic carbocycles. The monoisotopic (exact) mass is 384 g/mol. The number of rotatable bonds is 5. The van der Waals surface area contributed by atoms with Gasteiger partial charge in [0.25, 0.3) is 11.8 Å². The van der Waals surface area contributed by atoms with Crippen molar-refractivity contribution in [2.45, 2.75) is 6.04 Å². The van der Waals surface area contributed by atoms with Crippen LogP contribution in [0, 0.1) is 11.6 Å². The zero-order valence-electron chi connectivity index (χ0n) is 14.3. The molecule has 1 atom stereocenters. The minimum Gasteiger partial charge on any atom is -0.394 e. The van der Waals surface area contributed by atoms with Crippen molar-refractivity contribution >= 4 is 16.8 Å². The van der Waals surface area contributed by atoms with Crippen LogP contribution in [0.3, 0.4) is 0 Å². The van der Waals surface area contributed by atoms with Gasteiger partial charge in [-0.2, -0.15) is 4.98 Å². The number of carbonyl (C=O) groups excluding carboxylic acids is 1. The molecule has 1 amide bonds. The van der Waals surface area contributed by atoms with Gasteiger partial charge in [-0.05, 0) is 48.5 Å². The molecule has 0 aliphatic heterocycles. The van der Waals surface area contributed by atoms with Gasteiger partial charge in [-0.3, -0.25) is 4.79 Å². The molecular formula is C19H14F2N4O3. The molecular weight excluding hydrogens is 370 g/mol. The van der Waals surface area contributed by atoms with Gasteiger partial charge >= 0.3 is 0 Å². The van der Waals surface area contributed by atoms with E-state index in [1.807, 2.05) is 0 Å². The third-order valence-electron chi connectivity index (χ3n) is 4.16. The molecule has 0 spiro atoms. The molecule has 0 saturated heterocycles. The van der Waals surface area contributed by atoms with Crippen molar-refractivity contribution in [3.8, 4) is 11.5 Å². The summed E-state index contributed by atoms with van der Waals surface area (Å²) in [6.07, 6.45) is 0. The first-order chi connectivity index (χ1) is 13.5. The van der Waals surface area contributed by atoms with Gasteiger partial charge in [0.2, 0.25) is 5.82 Å². The molecule has 0 saturated carbocycles. The molecule has 0 aliphatic rings. The van der Waals surface area contributed by atoms with Crippen LogP contribution in [0.2, 0.25) is 0 Å². The molecule has 3 N–H and O–H groups in total. The Labute approximate surface area is 157 Å². The average Bonchev–Trinajstić information content (AvgIpc) is 3.33. The number of H-pyrrole nitrogens is 1. The Morgan fingerprint density at radius 1 is 1.14 bits per heavy atom. The first kappa shape index (κ1) is 17.8. The summed E-state index contributed by atoms with van der Waals surface area (Å²) in [7, 11) is 0. The number of aliphatic hydroxyl groups is 1. The number of hydrogen-bond acceptors (Lipinski definition) is 5. The smallest absolute Gasteiger partial charge is 0.251 e. The first-order valence-corrected chi connectivity index (χ1v) is 8.33. The van der Waals surface area contributed by atoms with E-state index in [4.69, 9.17) is 4.52 Å². The summed E-state index contributed by atoms with van der Waals surface area (Å²) in [5.74, 6) is -1.16. The van der Waals surface area contributed by atoms with Crippen LogP contribution in [0.1, 0.15) is 22.3 Å². The molecule has 2 heterocycles. The minimum atomic E-state index is -0.944. The summed E-state index contributed by atoms with van der Waals surface area (Å²) >= 11 is 0. The van der Waals surface area contributed by atoms with Crippen LogP contribution >= 0.6 is 0 Å². The molecule has 7 nitrogen and oxygen atoms in total. The van der Waals surface area contributed by atoms with Crippen molar-refractivity contribution in [1.29, 1.82) is 0 Å². The van der Waals surface area contributed by atoms with Gasteiger partial charge in [0.05, 0.1) is 12.3 Å². The van der Waals surface area contributed by atoms with Crippen molar-refractivity contribution in [3.05, 3.63) is 71.6 Å². The molecule has 4 rings (SSSR count). The summed E-state index contributed by atoms with van der Waals surface area (Å²) in [6.45, 7) is -0.480. The number of aliphatic hydroxyl groups excluding tert-OH is 1. The van der Waals surface area contributed by atoms with Gasteiger partial charge < -0.3 is 19.9 Å². The maximum Gasteiger partial charge on any atom is 0.251 e. The lowest BCUT2D eigenvalue weighted by Crippen LogP contribution is -2.31. The first-order valence-electron chi connectivity index (χ1n) is 8.33. The topological polar surface area (TPSA) is 104 Å². The fourth-order valence-corrected chi connectivity index (χ4v) is 2.74. The number of aromatic amines is 1. The minimum absolute atomic E-state index is 0.00204. The van der Waals surface area contributed by atoms with Crippen LogP contribution in [0.5, 0.6) is 0 Å².